The van der Waals surface area contributed by atoms with Crippen LogP contribution in [0.25, 0.3) is 6.08 Å². The SMILES string of the molecule is C(=C\C1CC2CCC1N2)/c1cncc(Oc2ccccc2)c1. The van der Waals surface area contributed by atoms with E-state index in [1.165, 1.54) is 19.3 Å². The quantitative estimate of drug-likeness (QED) is 0.924. The molecule has 3 heterocycles. The van der Waals surface area contributed by atoms with Crippen molar-refractivity contribution in [2.45, 2.75) is 31.3 Å². The van der Waals surface area contributed by atoms with E-state index in [0.717, 1.165) is 23.1 Å². The van der Waals surface area contributed by atoms with E-state index < -0.39 is 0 Å². The fourth-order valence-electron chi connectivity index (χ4n) is 3.52. The molecule has 1 N–H and O–H groups in total. The summed E-state index contributed by atoms with van der Waals surface area (Å²) in [5.41, 5.74) is 1.09. The fraction of sp³-hybridized carbons (Fsp3) is 0.316. The maximum absolute atomic E-state index is 5.83. The van der Waals surface area contributed by atoms with E-state index >= 15 is 0 Å². The van der Waals surface area contributed by atoms with Gasteiger partial charge in [-0.25, -0.2) is 0 Å². The molecule has 2 aromatic rings. The number of rotatable bonds is 4. The van der Waals surface area contributed by atoms with E-state index in [1.54, 1.807) is 6.20 Å². The Bertz CT molecular complexity index is 668. The number of benzene rings is 1. The van der Waals surface area contributed by atoms with Crippen molar-refractivity contribution in [2.24, 2.45) is 5.92 Å². The van der Waals surface area contributed by atoms with Crippen molar-refractivity contribution in [3.05, 3.63) is 60.4 Å². The van der Waals surface area contributed by atoms with E-state index in [0.29, 0.717) is 12.0 Å². The third-order valence-electron chi connectivity index (χ3n) is 4.60. The highest BCUT2D eigenvalue weighted by molar-refractivity contribution is 5.51. The average Bonchev–Trinajstić information content (AvgIpc) is 3.17. The lowest BCUT2D eigenvalue weighted by Gasteiger charge is -2.15. The minimum atomic E-state index is 0.664. The van der Waals surface area contributed by atoms with E-state index in [-0.39, 0.29) is 0 Å². The van der Waals surface area contributed by atoms with Crippen LogP contribution in [0.15, 0.2) is 54.9 Å². The van der Waals surface area contributed by atoms with E-state index in [2.05, 4.69) is 22.5 Å². The van der Waals surface area contributed by atoms with Gasteiger partial charge in [-0.15, -0.1) is 0 Å². The zero-order chi connectivity index (χ0) is 14.8. The molecule has 4 rings (SSSR count). The van der Waals surface area contributed by atoms with Gasteiger partial charge in [-0.1, -0.05) is 30.4 Å². The zero-order valence-electron chi connectivity index (χ0n) is 12.5. The van der Waals surface area contributed by atoms with Gasteiger partial charge in [-0.2, -0.15) is 0 Å². The van der Waals surface area contributed by atoms with Gasteiger partial charge in [0.05, 0.1) is 6.20 Å². The van der Waals surface area contributed by atoms with Crippen LogP contribution in [-0.4, -0.2) is 17.1 Å². The minimum Gasteiger partial charge on any atom is -0.456 e. The maximum atomic E-state index is 5.83. The molecule has 2 saturated heterocycles. The van der Waals surface area contributed by atoms with Crippen LogP contribution < -0.4 is 10.1 Å². The number of fused-ring (bicyclic) bond motifs is 2. The smallest absolute Gasteiger partial charge is 0.146 e. The first-order chi connectivity index (χ1) is 10.9. The molecule has 1 aromatic heterocycles. The Kier molecular flexibility index (Phi) is 3.65. The molecule has 0 radical (unpaired) electrons. The molecule has 2 aliphatic heterocycles. The topological polar surface area (TPSA) is 34.2 Å². The van der Waals surface area contributed by atoms with Gasteiger partial charge in [0.2, 0.25) is 0 Å². The average molecular weight is 292 g/mol. The Balaban J connectivity index is 1.45. The Hall–Kier alpha value is -2.13. The molecule has 0 spiro atoms. The van der Waals surface area contributed by atoms with Crippen LogP contribution in [0.3, 0.4) is 0 Å². The van der Waals surface area contributed by atoms with Crippen LogP contribution >= 0.6 is 0 Å². The summed E-state index contributed by atoms with van der Waals surface area (Å²) in [6, 6.07) is 13.3. The van der Waals surface area contributed by atoms with Gasteiger partial charge in [0.25, 0.3) is 0 Å². The monoisotopic (exact) mass is 292 g/mol. The summed E-state index contributed by atoms with van der Waals surface area (Å²) in [5.74, 6) is 2.28. The Morgan fingerprint density at radius 3 is 2.77 bits per heavy atom. The molecular formula is C19H20N2O. The van der Waals surface area contributed by atoms with Gasteiger partial charge in [-0.3, -0.25) is 4.98 Å². The molecule has 3 nitrogen and oxygen atoms in total. The fourth-order valence-corrected chi connectivity index (χ4v) is 3.52. The van der Waals surface area contributed by atoms with Gasteiger partial charge < -0.3 is 10.1 Å². The maximum Gasteiger partial charge on any atom is 0.146 e. The first kappa shape index (κ1) is 13.5. The number of ether oxygens (including phenoxy) is 1. The lowest BCUT2D eigenvalue weighted by atomic mass is 9.89. The molecule has 2 bridgehead atoms. The summed E-state index contributed by atoms with van der Waals surface area (Å²) in [6.45, 7) is 0. The number of aromatic nitrogens is 1. The molecule has 3 heteroatoms. The molecule has 0 aliphatic carbocycles. The predicted molar refractivity (Wildman–Crippen MR) is 87.8 cm³/mol. The molecule has 22 heavy (non-hydrogen) atoms. The second-order valence-electron chi connectivity index (χ2n) is 6.18. The Morgan fingerprint density at radius 1 is 1.09 bits per heavy atom. The number of hydrogen-bond acceptors (Lipinski definition) is 3. The number of pyridine rings is 1. The van der Waals surface area contributed by atoms with Crippen molar-refractivity contribution in [2.75, 3.05) is 0 Å². The highest BCUT2D eigenvalue weighted by atomic mass is 16.5. The largest absolute Gasteiger partial charge is 0.456 e. The summed E-state index contributed by atoms with van der Waals surface area (Å²) in [5, 5.41) is 3.67. The standard InChI is InChI=1S/C19H20N2O/c1-2-4-17(5-3-1)22-18-10-14(12-20-13-18)6-7-15-11-16-8-9-19(15)21-16/h1-7,10,12-13,15-16,19,21H,8-9,11H2/b7-6+. The Labute approximate surface area is 131 Å². The highest BCUT2D eigenvalue weighted by Crippen LogP contribution is 2.34. The normalized spacial score (nSPS) is 26.6. The van der Waals surface area contributed by atoms with Gasteiger partial charge >= 0.3 is 0 Å². The second kappa shape index (κ2) is 5.93. The van der Waals surface area contributed by atoms with Crippen LogP contribution in [0.5, 0.6) is 11.5 Å². The van der Waals surface area contributed by atoms with Crippen LogP contribution in [-0.2, 0) is 0 Å². The number of nitrogens with one attached hydrogen (secondary N) is 1. The molecule has 0 amide bonds. The third kappa shape index (κ3) is 2.90. The zero-order valence-corrected chi connectivity index (χ0v) is 12.5. The minimum absolute atomic E-state index is 0.664. The van der Waals surface area contributed by atoms with Crippen molar-refractivity contribution < 1.29 is 4.74 Å². The predicted octanol–water partition coefficient (Wildman–Crippen LogP) is 4.03. The van der Waals surface area contributed by atoms with Gasteiger partial charge in [0.15, 0.2) is 0 Å². The molecular weight excluding hydrogens is 272 g/mol. The van der Waals surface area contributed by atoms with Crippen LogP contribution in [0.1, 0.15) is 24.8 Å². The van der Waals surface area contributed by atoms with Crippen molar-refractivity contribution in [3.63, 3.8) is 0 Å². The summed E-state index contributed by atoms with van der Waals surface area (Å²) >= 11 is 0. The van der Waals surface area contributed by atoms with Crippen molar-refractivity contribution in [1.29, 1.82) is 0 Å². The summed E-state index contributed by atoms with van der Waals surface area (Å²) in [7, 11) is 0. The van der Waals surface area contributed by atoms with Crippen LogP contribution in [0, 0.1) is 5.92 Å². The summed E-state index contributed by atoms with van der Waals surface area (Å²) < 4.78 is 5.83. The van der Waals surface area contributed by atoms with Gasteiger partial charge in [-0.05, 0) is 48.9 Å². The number of para-hydroxylation sites is 1. The number of hydrogen-bond donors (Lipinski definition) is 1. The van der Waals surface area contributed by atoms with Crippen LogP contribution in [0.4, 0.5) is 0 Å². The lowest BCUT2D eigenvalue weighted by molar-refractivity contribution is 0.479. The highest BCUT2D eigenvalue weighted by Gasteiger charge is 2.37. The first-order valence-electron chi connectivity index (χ1n) is 7.99. The van der Waals surface area contributed by atoms with Crippen molar-refractivity contribution >= 4 is 6.08 Å². The lowest BCUT2D eigenvalue weighted by Crippen LogP contribution is -2.21. The third-order valence-corrected chi connectivity index (χ3v) is 4.60. The van der Waals surface area contributed by atoms with Gasteiger partial charge in [0.1, 0.15) is 11.5 Å². The molecule has 3 atom stereocenters. The molecule has 1 aromatic carbocycles. The molecule has 2 fully saturated rings. The van der Waals surface area contributed by atoms with Crippen LogP contribution in [0.2, 0.25) is 0 Å². The summed E-state index contributed by atoms with van der Waals surface area (Å²) in [6.07, 6.45) is 12.1. The number of nitrogens with zero attached hydrogens (tertiary/aromatic N) is 1. The molecule has 112 valence electrons. The second-order valence-corrected chi connectivity index (χ2v) is 6.18. The van der Waals surface area contributed by atoms with Crippen molar-refractivity contribution in [1.82, 2.24) is 10.3 Å². The van der Waals surface area contributed by atoms with E-state index in [1.807, 2.05) is 42.6 Å². The molecule has 3 unspecified atom stereocenters. The molecule has 2 aliphatic rings. The van der Waals surface area contributed by atoms with Gasteiger partial charge in [0, 0.05) is 18.3 Å². The van der Waals surface area contributed by atoms with E-state index in [9.17, 15) is 0 Å². The van der Waals surface area contributed by atoms with Crippen molar-refractivity contribution in [3.8, 4) is 11.5 Å². The Morgan fingerprint density at radius 2 is 2.00 bits per heavy atom. The molecule has 0 saturated carbocycles. The summed E-state index contributed by atoms with van der Waals surface area (Å²) in [4.78, 5) is 4.28. The van der Waals surface area contributed by atoms with E-state index in [4.69, 9.17) is 4.74 Å². The first-order valence-corrected chi connectivity index (χ1v) is 7.99.